The smallest absolute Gasteiger partial charge is 0.252 e. The van der Waals surface area contributed by atoms with Gasteiger partial charge in [-0.15, -0.1) is 0 Å². The Morgan fingerprint density at radius 2 is 1.84 bits per heavy atom. The minimum absolute atomic E-state index is 0.252. The molecule has 2 rings (SSSR count). The highest BCUT2D eigenvalue weighted by Crippen LogP contribution is 2.16. The number of nitrogens with one attached hydrogen (secondary N) is 1. The van der Waals surface area contributed by atoms with Crippen LogP contribution in [0.5, 0.6) is 0 Å². The van der Waals surface area contributed by atoms with Gasteiger partial charge in [0.25, 0.3) is 5.91 Å². The first kappa shape index (κ1) is 18.9. The van der Waals surface area contributed by atoms with Gasteiger partial charge in [0.05, 0.1) is 17.7 Å². The highest BCUT2D eigenvalue weighted by Gasteiger charge is 2.25. The third-order valence-electron chi connectivity index (χ3n) is 3.98. The highest BCUT2D eigenvalue weighted by molar-refractivity contribution is 6.07. The number of benzene rings is 1. The quantitative estimate of drug-likeness (QED) is 0.768. The summed E-state index contributed by atoms with van der Waals surface area (Å²) in [7, 11) is 0. The van der Waals surface area contributed by atoms with Crippen LogP contribution < -0.4 is 5.32 Å². The van der Waals surface area contributed by atoms with Crippen molar-refractivity contribution in [3.05, 3.63) is 42.1 Å². The van der Waals surface area contributed by atoms with Crippen LogP contribution in [0.15, 0.2) is 36.5 Å². The number of aliphatic hydroxyl groups is 1. The first-order valence-corrected chi connectivity index (χ1v) is 8.66. The van der Waals surface area contributed by atoms with Gasteiger partial charge in [0.2, 0.25) is 5.91 Å². The predicted octanol–water partition coefficient (Wildman–Crippen LogP) is 1.97. The molecule has 0 radical (unpaired) electrons. The van der Waals surface area contributed by atoms with Crippen molar-refractivity contribution in [2.75, 3.05) is 19.7 Å². The molecule has 25 heavy (non-hydrogen) atoms. The van der Waals surface area contributed by atoms with Crippen molar-refractivity contribution >= 4 is 22.7 Å². The van der Waals surface area contributed by atoms with Gasteiger partial charge in [-0.1, -0.05) is 32.0 Å². The molecular weight excluding hydrogens is 318 g/mol. The van der Waals surface area contributed by atoms with Crippen LogP contribution in [0.1, 0.15) is 37.0 Å². The molecule has 0 saturated carbocycles. The topological polar surface area (TPSA) is 82.5 Å². The van der Waals surface area contributed by atoms with E-state index in [4.69, 9.17) is 0 Å². The molecule has 0 aliphatic rings. The van der Waals surface area contributed by atoms with Gasteiger partial charge >= 0.3 is 0 Å². The standard InChI is InChI=1S/C19H25N3O3/c1-3-11-22(12-4-2)19(25)17(13-23)21-18(24)15-9-10-20-16-8-6-5-7-14(15)16/h5-10,17,23H,3-4,11-13H2,1-2H3,(H,21,24)/t17-/m0/s1. The lowest BCUT2D eigenvalue weighted by molar-refractivity contribution is -0.134. The number of para-hydroxylation sites is 1. The van der Waals surface area contributed by atoms with Crippen LogP contribution in [0.4, 0.5) is 0 Å². The maximum absolute atomic E-state index is 12.7. The van der Waals surface area contributed by atoms with Crippen LogP contribution in [0.3, 0.4) is 0 Å². The van der Waals surface area contributed by atoms with Crippen molar-refractivity contribution < 1.29 is 14.7 Å². The van der Waals surface area contributed by atoms with Crippen LogP contribution in [-0.2, 0) is 4.79 Å². The molecule has 6 heteroatoms. The molecule has 1 heterocycles. The molecule has 0 bridgehead atoms. The molecule has 0 saturated heterocycles. The van der Waals surface area contributed by atoms with Crippen molar-refractivity contribution in [3.8, 4) is 0 Å². The zero-order valence-corrected chi connectivity index (χ0v) is 14.7. The normalized spacial score (nSPS) is 12.0. The number of aliphatic hydroxyl groups excluding tert-OH is 1. The largest absolute Gasteiger partial charge is 0.394 e. The molecule has 2 N–H and O–H groups in total. The van der Waals surface area contributed by atoms with Gasteiger partial charge in [0.1, 0.15) is 6.04 Å². The van der Waals surface area contributed by atoms with Crippen LogP contribution in [0, 0.1) is 0 Å². The number of pyridine rings is 1. The summed E-state index contributed by atoms with van der Waals surface area (Å²) in [5.41, 5.74) is 1.15. The van der Waals surface area contributed by atoms with Crippen molar-refractivity contribution in [2.24, 2.45) is 0 Å². The fraction of sp³-hybridized carbons (Fsp3) is 0.421. The zero-order chi connectivity index (χ0) is 18.2. The monoisotopic (exact) mass is 343 g/mol. The summed E-state index contributed by atoms with van der Waals surface area (Å²) in [4.78, 5) is 31.2. The fourth-order valence-corrected chi connectivity index (χ4v) is 2.81. The van der Waals surface area contributed by atoms with E-state index in [0.717, 1.165) is 12.8 Å². The van der Waals surface area contributed by atoms with Crippen LogP contribution in [-0.4, -0.2) is 52.5 Å². The molecule has 0 spiro atoms. The number of fused-ring (bicyclic) bond motifs is 1. The Hall–Kier alpha value is -2.47. The van der Waals surface area contributed by atoms with Crippen molar-refractivity contribution in [1.82, 2.24) is 15.2 Å². The molecule has 6 nitrogen and oxygen atoms in total. The van der Waals surface area contributed by atoms with E-state index in [2.05, 4.69) is 10.3 Å². The van der Waals surface area contributed by atoms with E-state index in [1.807, 2.05) is 38.1 Å². The number of hydrogen-bond acceptors (Lipinski definition) is 4. The highest BCUT2D eigenvalue weighted by atomic mass is 16.3. The summed E-state index contributed by atoms with van der Waals surface area (Å²) in [6, 6.07) is 7.99. The van der Waals surface area contributed by atoms with Gasteiger partial charge < -0.3 is 15.3 Å². The van der Waals surface area contributed by atoms with E-state index < -0.39 is 12.6 Å². The van der Waals surface area contributed by atoms with Gasteiger partial charge in [0.15, 0.2) is 0 Å². The second kappa shape index (κ2) is 9.13. The first-order valence-electron chi connectivity index (χ1n) is 8.66. The van der Waals surface area contributed by atoms with Gasteiger partial charge in [-0.2, -0.15) is 0 Å². The van der Waals surface area contributed by atoms with Gasteiger partial charge in [-0.3, -0.25) is 14.6 Å². The number of nitrogens with zero attached hydrogens (tertiary/aromatic N) is 2. The van der Waals surface area contributed by atoms with E-state index in [9.17, 15) is 14.7 Å². The number of carbonyl (C=O) groups is 2. The van der Waals surface area contributed by atoms with Crippen molar-refractivity contribution in [3.63, 3.8) is 0 Å². The molecule has 1 aromatic heterocycles. The van der Waals surface area contributed by atoms with E-state index in [1.165, 1.54) is 0 Å². The third-order valence-corrected chi connectivity index (χ3v) is 3.98. The lowest BCUT2D eigenvalue weighted by Gasteiger charge is -2.26. The summed E-state index contributed by atoms with van der Waals surface area (Å²) in [6.07, 6.45) is 3.22. The second-order valence-corrected chi connectivity index (χ2v) is 5.91. The molecule has 134 valence electrons. The Morgan fingerprint density at radius 3 is 2.48 bits per heavy atom. The molecular formula is C19H25N3O3. The Bertz CT molecular complexity index is 721. The molecule has 2 aromatic rings. The van der Waals surface area contributed by atoms with Crippen LogP contribution in [0.2, 0.25) is 0 Å². The molecule has 1 atom stereocenters. The molecule has 1 aromatic carbocycles. The van der Waals surface area contributed by atoms with E-state index in [-0.39, 0.29) is 11.8 Å². The maximum atomic E-state index is 12.7. The minimum atomic E-state index is -0.947. The fourth-order valence-electron chi connectivity index (χ4n) is 2.81. The van der Waals surface area contributed by atoms with Gasteiger partial charge in [0, 0.05) is 24.7 Å². The van der Waals surface area contributed by atoms with Gasteiger partial charge in [-0.25, -0.2) is 0 Å². The van der Waals surface area contributed by atoms with Gasteiger partial charge in [-0.05, 0) is 25.0 Å². The lowest BCUT2D eigenvalue weighted by Crippen LogP contribution is -2.51. The summed E-state index contributed by atoms with van der Waals surface area (Å²) >= 11 is 0. The number of rotatable bonds is 8. The number of aromatic nitrogens is 1. The SMILES string of the molecule is CCCN(CCC)C(=O)[C@H](CO)NC(=O)c1ccnc2ccccc12. The molecule has 0 unspecified atom stereocenters. The average molecular weight is 343 g/mol. The van der Waals surface area contributed by atoms with Crippen molar-refractivity contribution in [1.29, 1.82) is 0 Å². The Balaban J connectivity index is 2.19. The van der Waals surface area contributed by atoms with Crippen molar-refractivity contribution in [2.45, 2.75) is 32.7 Å². The summed E-state index contributed by atoms with van der Waals surface area (Å²) in [5.74, 6) is -0.642. The predicted molar refractivity (Wildman–Crippen MR) is 97.2 cm³/mol. The first-order chi connectivity index (χ1) is 12.1. The van der Waals surface area contributed by atoms with E-state index in [1.54, 1.807) is 17.2 Å². The summed E-state index contributed by atoms with van der Waals surface area (Å²) in [5, 5.41) is 13.0. The van der Waals surface area contributed by atoms with Crippen LogP contribution >= 0.6 is 0 Å². The van der Waals surface area contributed by atoms with E-state index >= 15 is 0 Å². The minimum Gasteiger partial charge on any atom is -0.394 e. The molecule has 0 fully saturated rings. The Kier molecular flexibility index (Phi) is 6.89. The molecule has 0 aliphatic heterocycles. The second-order valence-electron chi connectivity index (χ2n) is 5.91. The number of amides is 2. The van der Waals surface area contributed by atoms with E-state index in [0.29, 0.717) is 29.6 Å². The summed E-state index contributed by atoms with van der Waals surface area (Å²) in [6.45, 7) is 4.77. The molecule has 2 amide bonds. The Labute approximate surface area is 147 Å². The molecule has 0 aliphatic carbocycles. The lowest BCUT2D eigenvalue weighted by atomic mass is 10.1. The van der Waals surface area contributed by atoms with Crippen LogP contribution in [0.25, 0.3) is 10.9 Å². The average Bonchev–Trinajstić information content (AvgIpc) is 2.64. The Morgan fingerprint density at radius 1 is 1.16 bits per heavy atom. The number of carbonyl (C=O) groups excluding carboxylic acids is 2. The summed E-state index contributed by atoms with van der Waals surface area (Å²) < 4.78 is 0. The maximum Gasteiger partial charge on any atom is 0.252 e. The third kappa shape index (κ3) is 4.54. The number of hydrogen-bond donors (Lipinski definition) is 2. The zero-order valence-electron chi connectivity index (χ0n) is 14.7.